The first-order chi connectivity index (χ1) is 7.99. The van der Waals surface area contributed by atoms with Crippen molar-refractivity contribution in [3.63, 3.8) is 0 Å². The first-order valence-corrected chi connectivity index (χ1v) is 5.93. The van der Waals surface area contributed by atoms with Crippen LogP contribution in [0.1, 0.15) is 26.7 Å². The van der Waals surface area contributed by atoms with E-state index in [0.29, 0.717) is 23.7 Å². The molecule has 1 aliphatic rings. The van der Waals surface area contributed by atoms with Crippen LogP contribution in [-0.2, 0) is 7.05 Å². The number of rotatable bonds is 3. The molecule has 3 unspecified atom stereocenters. The summed E-state index contributed by atoms with van der Waals surface area (Å²) >= 11 is 0. The van der Waals surface area contributed by atoms with Crippen molar-refractivity contribution in [3.05, 3.63) is 16.3 Å². The van der Waals surface area contributed by atoms with Crippen LogP contribution in [0.15, 0.2) is 6.20 Å². The average molecular weight is 238 g/mol. The molecule has 0 amide bonds. The molecular weight excluding hydrogens is 220 g/mol. The lowest BCUT2D eigenvalue weighted by atomic mass is 9.98. The highest BCUT2D eigenvalue weighted by Gasteiger charge is 2.32. The third-order valence-corrected chi connectivity index (χ3v) is 3.79. The number of nitrogens with one attached hydrogen (secondary N) is 1. The van der Waals surface area contributed by atoms with E-state index in [1.807, 2.05) is 0 Å². The van der Waals surface area contributed by atoms with Gasteiger partial charge in [-0.2, -0.15) is 0 Å². The second-order valence-corrected chi connectivity index (χ2v) is 4.96. The molecule has 1 aliphatic carbocycles. The number of hydrogen-bond donors (Lipinski definition) is 1. The first kappa shape index (κ1) is 11.9. The molecule has 1 saturated carbocycles. The number of aryl methyl sites for hydroxylation is 1. The maximum atomic E-state index is 10.9. The average Bonchev–Trinajstić information content (AvgIpc) is 2.76. The predicted octanol–water partition coefficient (Wildman–Crippen LogP) is 2.17. The fraction of sp³-hybridized carbons (Fsp3) is 0.727. The van der Waals surface area contributed by atoms with Gasteiger partial charge in [0.15, 0.2) is 0 Å². The van der Waals surface area contributed by atoms with E-state index in [9.17, 15) is 10.1 Å². The Labute approximate surface area is 100 Å². The minimum Gasteiger partial charge on any atom is -0.360 e. The van der Waals surface area contributed by atoms with Crippen molar-refractivity contribution < 1.29 is 4.92 Å². The molecule has 94 valence electrons. The summed E-state index contributed by atoms with van der Waals surface area (Å²) in [5.74, 6) is 1.58. The van der Waals surface area contributed by atoms with Gasteiger partial charge < -0.3 is 5.32 Å². The largest absolute Gasteiger partial charge is 0.360 e. The minimum atomic E-state index is -0.390. The zero-order valence-electron chi connectivity index (χ0n) is 10.4. The van der Waals surface area contributed by atoms with E-state index in [4.69, 9.17) is 0 Å². The summed E-state index contributed by atoms with van der Waals surface area (Å²) < 4.78 is 1.48. The molecule has 0 aromatic carbocycles. The molecule has 1 aromatic rings. The van der Waals surface area contributed by atoms with Crippen LogP contribution < -0.4 is 5.32 Å². The van der Waals surface area contributed by atoms with Gasteiger partial charge in [-0.3, -0.25) is 14.8 Å². The second kappa shape index (κ2) is 4.35. The van der Waals surface area contributed by atoms with Gasteiger partial charge in [-0.15, -0.1) is 5.10 Å². The summed E-state index contributed by atoms with van der Waals surface area (Å²) in [6.45, 7) is 4.41. The molecule has 6 nitrogen and oxygen atoms in total. The third-order valence-electron chi connectivity index (χ3n) is 3.79. The summed E-state index contributed by atoms with van der Waals surface area (Å²) in [4.78, 5) is 10.5. The Bertz CT molecular complexity index is 429. The topological polar surface area (TPSA) is 73.0 Å². The van der Waals surface area contributed by atoms with E-state index in [2.05, 4.69) is 24.3 Å². The van der Waals surface area contributed by atoms with Crippen LogP contribution >= 0.6 is 0 Å². The van der Waals surface area contributed by atoms with E-state index < -0.39 is 4.92 Å². The standard InChI is InChI=1S/C11H18N4O2/c1-7-4-5-9(8(7)2)12-11-10(15(16)17)6-14(3)13-11/h6-9H,4-5H2,1-3H3,(H,12,13). The van der Waals surface area contributed by atoms with E-state index in [0.717, 1.165) is 6.42 Å². The van der Waals surface area contributed by atoms with Crippen molar-refractivity contribution in [2.75, 3.05) is 5.32 Å². The third kappa shape index (κ3) is 2.25. The van der Waals surface area contributed by atoms with Crippen LogP contribution in [0.5, 0.6) is 0 Å². The first-order valence-electron chi connectivity index (χ1n) is 5.93. The molecular formula is C11H18N4O2. The summed E-state index contributed by atoms with van der Waals surface area (Å²) in [5, 5.41) is 18.2. The van der Waals surface area contributed by atoms with Crippen molar-refractivity contribution in [2.45, 2.75) is 32.7 Å². The Morgan fingerprint density at radius 3 is 2.76 bits per heavy atom. The fourth-order valence-corrected chi connectivity index (χ4v) is 2.46. The van der Waals surface area contributed by atoms with Gasteiger partial charge in [0.1, 0.15) is 6.20 Å². The molecule has 2 rings (SSSR count). The van der Waals surface area contributed by atoms with Gasteiger partial charge in [-0.1, -0.05) is 13.8 Å². The molecule has 0 aliphatic heterocycles. The molecule has 1 fully saturated rings. The highest BCUT2D eigenvalue weighted by molar-refractivity contribution is 5.55. The lowest BCUT2D eigenvalue weighted by Gasteiger charge is -2.18. The summed E-state index contributed by atoms with van der Waals surface area (Å²) in [6, 6.07) is 0.290. The van der Waals surface area contributed by atoms with Crippen molar-refractivity contribution in [1.29, 1.82) is 0 Å². The smallest absolute Gasteiger partial charge is 0.330 e. The number of nitro groups is 1. The highest BCUT2D eigenvalue weighted by Crippen LogP contribution is 2.34. The molecule has 1 heterocycles. The molecule has 0 radical (unpaired) electrons. The van der Waals surface area contributed by atoms with Gasteiger partial charge >= 0.3 is 5.69 Å². The van der Waals surface area contributed by atoms with Crippen LogP contribution in [0.25, 0.3) is 0 Å². The SMILES string of the molecule is CC1CCC(Nc2nn(C)cc2[N+](=O)[O-])C1C. The van der Waals surface area contributed by atoms with Gasteiger partial charge in [0, 0.05) is 13.1 Å². The van der Waals surface area contributed by atoms with Gasteiger partial charge in [-0.05, 0) is 24.7 Å². The Morgan fingerprint density at radius 1 is 1.53 bits per heavy atom. The second-order valence-electron chi connectivity index (χ2n) is 4.96. The van der Waals surface area contributed by atoms with Crippen LogP contribution in [0.2, 0.25) is 0 Å². The van der Waals surface area contributed by atoms with E-state index in [-0.39, 0.29) is 5.69 Å². The number of anilines is 1. The van der Waals surface area contributed by atoms with Gasteiger partial charge in [0.05, 0.1) is 4.92 Å². The van der Waals surface area contributed by atoms with Crippen LogP contribution in [0, 0.1) is 22.0 Å². The Balaban J connectivity index is 2.16. The van der Waals surface area contributed by atoms with E-state index in [1.165, 1.54) is 17.3 Å². The lowest BCUT2D eigenvalue weighted by molar-refractivity contribution is -0.384. The molecule has 1 aromatic heterocycles. The highest BCUT2D eigenvalue weighted by atomic mass is 16.6. The minimum absolute atomic E-state index is 0.0549. The number of nitrogens with zero attached hydrogens (tertiary/aromatic N) is 3. The predicted molar refractivity (Wildman–Crippen MR) is 64.8 cm³/mol. The van der Waals surface area contributed by atoms with Crippen molar-refractivity contribution >= 4 is 11.5 Å². The monoisotopic (exact) mass is 238 g/mol. The van der Waals surface area contributed by atoms with Crippen molar-refractivity contribution in [2.24, 2.45) is 18.9 Å². The Kier molecular flexibility index (Phi) is 3.04. The number of aromatic nitrogens is 2. The van der Waals surface area contributed by atoms with E-state index >= 15 is 0 Å². The van der Waals surface area contributed by atoms with Gasteiger partial charge in [0.25, 0.3) is 0 Å². The van der Waals surface area contributed by atoms with Crippen molar-refractivity contribution in [1.82, 2.24) is 9.78 Å². The maximum absolute atomic E-state index is 10.9. The molecule has 3 atom stereocenters. The molecule has 0 saturated heterocycles. The fourth-order valence-electron chi connectivity index (χ4n) is 2.46. The Morgan fingerprint density at radius 2 is 2.24 bits per heavy atom. The summed E-state index contributed by atoms with van der Waals surface area (Å²) in [5.41, 5.74) is 0.0549. The lowest BCUT2D eigenvalue weighted by Crippen LogP contribution is -2.24. The van der Waals surface area contributed by atoms with Crippen LogP contribution in [-0.4, -0.2) is 20.7 Å². The van der Waals surface area contributed by atoms with Gasteiger partial charge in [-0.25, -0.2) is 0 Å². The maximum Gasteiger partial charge on any atom is 0.330 e. The Hall–Kier alpha value is -1.59. The zero-order valence-corrected chi connectivity index (χ0v) is 10.4. The van der Waals surface area contributed by atoms with E-state index in [1.54, 1.807) is 7.05 Å². The molecule has 1 N–H and O–H groups in total. The zero-order chi connectivity index (χ0) is 12.6. The molecule has 17 heavy (non-hydrogen) atoms. The quantitative estimate of drug-likeness (QED) is 0.647. The summed E-state index contributed by atoms with van der Waals surface area (Å²) in [6.07, 6.45) is 3.65. The number of hydrogen-bond acceptors (Lipinski definition) is 4. The molecule has 0 spiro atoms. The van der Waals surface area contributed by atoms with Crippen LogP contribution in [0.4, 0.5) is 11.5 Å². The molecule has 6 heteroatoms. The normalized spacial score (nSPS) is 28.3. The summed E-state index contributed by atoms with van der Waals surface area (Å²) in [7, 11) is 1.69. The van der Waals surface area contributed by atoms with Crippen LogP contribution in [0.3, 0.4) is 0 Å². The van der Waals surface area contributed by atoms with Gasteiger partial charge in [0.2, 0.25) is 5.82 Å². The molecule has 0 bridgehead atoms. The van der Waals surface area contributed by atoms with Crippen molar-refractivity contribution in [3.8, 4) is 0 Å².